The molecule has 3 heteroatoms. The molecule has 0 bridgehead atoms. The van der Waals surface area contributed by atoms with Gasteiger partial charge in [-0.2, -0.15) is 0 Å². The summed E-state index contributed by atoms with van der Waals surface area (Å²) >= 11 is 3.24. The first kappa shape index (κ1) is 9.65. The Hall–Kier alpha value is -0.900. The van der Waals surface area contributed by atoms with Gasteiger partial charge in [0, 0.05) is 9.75 Å². The van der Waals surface area contributed by atoms with Gasteiger partial charge < -0.3 is 5.11 Å². The second-order valence-electron chi connectivity index (χ2n) is 2.83. The molecule has 2 heterocycles. The van der Waals surface area contributed by atoms with Crippen LogP contribution in [0.4, 0.5) is 0 Å². The molecule has 0 aliphatic carbocycles. The lowest BCUT2D eigenvalue weighted by Crippen LogP contribution is -1.87. The van der Waals surface area contributed by atoms with Gasteiger partial charge in [-0.3, -0.25) is 0 Å². The second-order valence-corrected chi connectivity index (χ2v) is 4.79. The maximum atomic E-state index is 9.74. The molecule has 0 radical (unpaired) electrons. The molecule has 0 fully saturated rings. The molecule has 2 rings (SSSR count). The fourth-order valence-corrected chi connectivity index (χ4v) is 2.44. The van der Waals surface area contributed by atoms with Crippen molar-refractivity contribution in [3.8, 4) is 0 Å². The monoisotopic (exact) mass is 222 g/mol. The van der Waals surface area contributed by atoms with E-state index in [4.69, 9.17) is 0 Å². The number of hydrogen-bond donors (Lipinski definition) is 1. The van der Waals surface area contributed by atoms with Crippen LogP contribution >= 0.6 is 22.7 Å². The Morgan fingerprint density at radius 2 is 1.93 bits per heavy atom. The van der Waals surface area contributed by atoms with Crippen LogP contribution < -0.4 is 0 Å². The first-order chi connectivity index (χ1) is 6.86. The predicted molar refractivity (Wildman–Crippen MR) is 62.6 cm³/mol. The van der Waals surface area contributed by atoms with Crippen molar-refractivity contribution in [2.24, 2.45) is 0 Å². The van der Waals surface area contributed by atoms with Gasteiger partial charge in [0.15, 0.2) is 0 Å². The van der Waals surface area contributed by atoms with Crippen molar-refractivity contribution in [3.05, 3.63) is 50.9 Å². The fraction of sp³-hybridized carbons (Fsp3) is 0.0909. The number of aliphatic hydroxyl groups is 1. The van der Waals surface area contributed by atoms with Crippen molar-refractivity contribution in [1.82, 2.24) is 0 Å². The van der Waals surface area contributed by atoms with E-state index in [2.05, 4.69) is 0 Å². The summed E-state index contributed by atoms with van der Waals surface area (Å²) in [6, 6.07) is 7.92. The maximum Gasteiger partial charge on any atom is 0.107 e. The maximum absolute atomic E-state index is 9.74. The van der Waals surface area contributed by atoms with Gasteiger partial charge in [-0.1, -0.05) is 12.1 Å². The van der Waals surface area contributed by atoms with Gasteiger partial charge in [0.05, 0.1) is 0 Å². The van der Waals surface area contributed by atoms with Gasteiger partial charge in [-0.15, -0.1) is 22.7 Å². The van der Waals surface area contributed by atoms with Crippen LogP contribution in [-0.4, -0.2) is 5.11 Å². The van der Waals surface area contributed by atoms with Gasteiger partial charge in [-0.25, -0.2) is 0 Å². The van der Waals surface area contributed by atoms with Crippen LogP contribution in [0.25, 0.3) is 6.08 Å². The molecule has 1 atom stereocenters. The highest BCUT2D eigenvalue weighted by Gasteiger charge is 2.02. The zero-order chi connectivity index (χ0) is 9.80. The molecule has 0 saturated carbocycles. The summed E-state index contributed by atoms with van der Waals surface area (Å²) < 4.78 is 0. The van der Waals surface area contributed by atoms with Crippen molar-refractivity contribution >= 4 is 28.7 Å². The summed E-state index contributed by atoms with van der Waals surface area (Å²) in [5, 5.41) is 13.7. The molecule has 2 aromatic rings. The zero-order valence-corrected chi connectivity index (χ0v) is 9.09. The van der Waals surface area contributed by atoms with Crippen molar-refractivity contribution < 1.29 is 5.11 Å². The Morgan fingerprint density at radius 1 is 1.14 bits per heavy atom. The highest BCUT2D eigenvalue weighted by molar-refractivity contribution is 7.11. The number of thiophene rings is 2. The third-order valence-corrected chi connectivity index (χ3v) is 3.60. The third kappa shape index (κ3) is 2.32. The normalized spacial score (nSPS) is 13.5. The molecule has 0 unspecified atom stereocenters. The van der Waals surface area contributed by atoms with E-state index in [0.29, 0.717) is 0 Å². The topological polar surface area (TPSA) is 20.2 Å². The lowest BCUT2D eigenvalue weighted by molar-refractivity contribution is 0.233. The quantitative estimate of drug-likeness (QED) is 0.842. The van der Waals surface area contributed by atoms with Crippen molar-refractivity contribution in [2.75, 3.05) is 0 Å². The molecule has 0 aliphatic rings. The van der Waals surface area contributed by atoms with Crippen LogP contribution in [0.15, 0.2) is 41.1 Å². The van der Waals surface area contributed by atoms with Gasteiger partial charge in [0.1, 0.15) is 6.10 Å². The summed E-state index contributed by atoms with van der Waals surface area (Å²) in [5.41, 5.74) is 0. The van der Waals surface area contributed by atoms with E-state index in [1.54, 1.807) is 22.7 Å². The molecule has 0 spiro atoms. The average Bonchev–Trinajstić information content (AvgIpc) is 2.87. The summed E-state index contributed by atoms with van der Waals surface area (Å²) in [6.45, 7) is 0. The number of aliphatic hydroxyl groups excluding tert-OH is 1. The Morgan fingerprint density at radius 3 is 2.57 bits per heavy atom. The smallest absolute Gasteiger partial charge is 0.107 e. The molecule has 0 saturated heterocycles. The lowest BCUT2D eigenvalue weighted by Gasteiger charge is -1.99. The largest absolute Gasteiger partial charge is 0.383 e. The van der Waals surface area contributed by atoms with Crippen LogP contribution in [0.3, 0.4) is 0 Å². The highest BCUT2D eigenvalue weighted by atomic mass is 32.1. The van der Waals surface area contributed by atoms with Crippen LogP contribution in [-0.2, 0) is 0 Å². The van der Waals surface area contributed by atoms with E-state index in [-0.39, 0.29) is 0 Å². The minimum absolute atomic E-state index is 0.475. The predicted octanol–water partition coefficient (Wildman–Crippen LogP) is 3.56. The molecule has 1 nitrogen and oxygen atoms in total. The van der Waals surface area contributed by atoms with Crippen LogP contribution in [0, 0.1) is 0 Å². The van der Waals surface area contributed by atoms with Gasteiger partial charge in [0.2, 0.25) is 0 Å². The van der Waals surface area contributed by atoms with Crippen LogP contribution in [0.2, 0.25) is 0 Å². The molecule has 0 aliphatic heterocycles. The average molecular weight is 222 g/mol. The number of hydrogen-bond acceptors (Lipinski definition) is 3. The Kier molecular flexibility index (Phi) is 3.14. The first-order valence-electron chi connectivity index (χ1n) is 4.29. The standard InChI is InChI=1S/C11H10OS2/c12-10(11-4-2-8-14-11)6-5-9-3-1-7-13-9/h1-8,10,12H/b6-5+/t10-/m0/s1. The Bertz CT molecular complexity index is 387. The molecule has 2 aromatic heterocycles. The van der Waals surface area contributed by atoms with Crippen molar-refractivity contribution in [1.29, 1.82) is 0 Å². The summed E-state index contributed by atoms with van der Waals surface area (Å²) in [6.07, 6.45) is 3.30. The minimum Gasteiger partial charge on any atom is -0.383 e. The SMILES string of the molecule is O[C@@H](/C=C/c1cccs1)c1cccs1. The van der Waals surface area contributed by atoms with Crippen LogP contribution in [0.5, 0.6) is 0 Å². The molecular weight excluding hydrogens is 212 g/mol. The van der Waals surface area contributed by atoms with Crippen molar-refractivity contribution in [3.63, 3.8) is 0 Å². The van der Waals surface area contributed by atoms with E-state index in [1.807, 2.05) is 47.2 Å². The highest BCUT2D eigenvalue weighted by Crippen LogP contribution is 2.21. The van der Waals surface area contributed by atoms with Crippen molar-refractivity contribution in [2.45, 2.75) is 6.10 Å². The molecule has 14 heavy (non-hydrogen) atoms. The Balaban J connectivity index is 2.05. The second kappa shape index (κ2) is 4.55. The first-order valence-corrected chi connectivity index (χ1v) is 6.05. The summed E-state index contributed by atoms with van der Waals surface area (Å²) in [7, 11) is 0. The fourth-order valence-electron chi connectivity index (χ4n) is 1.13. The van der Waals surface area contributed by atoms with Gasteiger partial charge in [-0.05, 0) is 35.0 Å². The Labute approximate surface area is 91.0 Å². The van der Waals surface area contributed by atoms with Gasteiger partial charge in [0.25, 0.3) is 0 Å². The molecule has 0 aromatic carbocycles. The van der Waals surface area contributed by atoms with E-state index in [9.17, 15) is 5.11 Å². The molecule has 1 N–H and O–H groups in total. The number of rotatable bonds is 3. The van der Waals surface area contributed by atoms with E-state index < -0.39 is 6.10 Å². The minimum atomic E-state index is -0.475. The summed E-state index contributed by atoms with van der Waals surface area (Å²) in [4.78, 5) is 2.15. The summed E-state index contributed by atoms with van der Waals surface area (Å²) in [5.74, 6) is 0. The molecular formula is C11H10OS2. The van der Waals surface area contributed by atoms with E-state index in [1.165, 1.54) is 4.88 Å². The molecule has 0 amide bonds. The van der Waals surface area contributed by atoms with E-state index in [0.717, 1.165) is 4.88 Å². The molecule has 72 valence electrons. The third-order valence-electron chi connectivity index (χ3n) is 1.82. The van der Waals surface area contributed by atoms with E-state index >= 15 is 0 Å². The zero-order valence-electron chi connectivity index (χ0n) is 7.46. The van der Waals surface area contributed by atoms with Crippen LogP contribution in [0.1, 0.15) is 15.9 Å². The van der Waals surface area contributed by atoms with Gasteiger partial charge >= 0.3 is 0 Å². The lowest BCUT2D eigenvalue weighted by atomic mass is 10.2.